The number of aliphatic hydroxyl groups is 1. The van der Waals surface area contributed by atoms with Gasteiger partial charge < -0.3 is 15.9 Å². The molecule has 1 fully saturated rings. The summed E-state index contributed by atoms with van der Waals surface area (Å²) >= 11 is 5.32. The molecule has 12 heteroatoms. The first kappa shape index (κ1) is 16.9. The predicted octanol–water partition coefficient (Wildman–Crippen LogP) is 1.07. The zero-order valence-corrected chi connectivity index (χ0v) is 15.0. The first-order valence-electron chi connectivity index (χ1n) is 6.40. The van der Waals surface area contributed by atoms with Gasteiger partial charge in [0.05, 0.1) is 21.3 Å². The fourth-order valence-electron chi connectivity index (χ4n) is 2.26. The summed E-state index contributed by atoms with van der Waals surface area (Å²) in [5.74, 6) is -2.02. The lowest BCUT2D eigenvalue weighted by molar-refractivity contribution is -0.156. The van der Waals surface area contributed by atoms with Crippen LogP contribution >= 0.6 is 46.6 Å². The van der Waals surface area contributed by atoms with Crippen molar-refractivity contribution < 1.29 is 19.8 Å². The average molecular weight is 393 g/mol. The molecule has 2 aliphatic rings. The van der Waals surface area contributed by atoms with Crippen LogP contribution in [0.15, 0.2) is 14.3 Å². The molecular formula is C11H12N4O4S4. The number of nitrogens with zero attached hydrogens (tertiary/aromatic N) is 3. The number of hydrogen-bond acceptors (Lipinski definition) is 10. The predicted molar refractivity (Wildman–Crippen MR) is 90.7 cm³/mol. The summed E-state index contributed by atoms with van der Waals surface area (Å²) in [7, 11) is 0. The van der Waals surface area contributed by atoms with Gasteiger partial charge in [-0.15, -0.1) is 22.0 Å². The van der Waals surface area contributed by atoms with Crippen LogP contribution in [0.25, 0.3) is 0 Å². The maximum Gasteiger partial charge on any atom is 0.354 e. The molecule has 1 amide bonds. The van der Waals surface area contributed by atoms with Crippen molar-refractivity contribution in [2.24, 2.45) is 5.92 Å². The maximum absolute atomic E-state index is 12.1. The van der Waals surface area contributed by atoms with Crippen molar-refractivity contribution in [1.29, 1.82) is 0 Å². The van der Waals surface area contributed by atoms with E-state index in [1.165, 1.54) is 51.5 Å². The van der Waals surface area contributed by atoms with Crippen molar-refractivity contribution in [2.45, 2.75) is 22.7 Å². The van der Waals surface area contributed by atoms with E-state index in [9.17, 15) is 19.8 Å². The third-order valence-corrected chi connectivity index (χ3v) is 7.94. The molecule has 0 saturated carbocycles. The third-order valence-electron chi connectivity index (χ3n) is 3.26. The number of nitrogen functional groups attached to an aromatic ring is 1. The summed E-state index contributed by atoms with van der Waals surface area (Å²) < 4.78 is 1.28. The minimum Gasteiger partial charge on any atom is -0.477 e. The smallest absolute Gasteiger partial charge is 0.354 e. The fourth-order valence-corrected chi connectivity index (χ4v) is 7.34. The van der Waals surface area contributed by atoms with Crippen molar-refractivity contribution >= 4 is 63.6 Å². The summed E-state index contributed by atoms with van der Waals surface area (Å²) in [6, 6.07) is 0. The monoisotopic (exact) mass is 392 g/mol. The van der Waals surface area contributed by atoms with Crippen molar-refractivity contribution in [2.75, 3.05) is 10.8 Å². The molecule has 3 heterocycles. The number of hydrogen-bond donors (Lipinski definition) is 3. The standard InChI is InChI=1S/C11H12N4O4S4/c1-3(16)4-6(17)15-5(8(18)19)9(22-7(4)15)20-2-21-11-14-13-10(12)23-11/h3-4,7,16H,2H2,1H3,(H2,12,13)(H,18,19)/t3?,4-,7+/m0/s1. The second-order valence-electron chi connectivity index (χ2n) is 4.74. The molecule has 1 unspecified atom stereocenters. The van der Waals surface area contributed by atoms with Crippen LogP contribution in [0.3, 0.4) is 0 Å². The third kappa shape index (κ3) is 3.05. The maximum atomic E-state index is 12.1. The summed E-state index contributed by atoms with van der Waals surface area (Å²) in [6.07, 6.45) is -0.797. The summed E-state index contributed by atoms with van der Waals surface area (Å²) in [6.45, 7) is 1.54. The Kier molecular flexibility index (Phi) is 4.78. The van der Waals surface area contributed by atoms with Gasteiger partial charge in [0.15, 0.2) is 10.0 Å². The van der Waals surface area contributed by atoms with Gasteiger partial charge in [0.2, 0.25) is 11.0 Å². The summed E-state index contributed by atoms with van der Waals surface area (Å²) in [5.41, 5.74) is 5.51. The number of nitrogens with two attached hydrogens (primary N) is 1. The molecule has 8 nitrogen and oxygen atoms in total. The molecule has 0 spiro atoms. The van der Waals surface area contributed by atoms with E-state index in [1.807, 2.05) is 0 Å². The second kappa shape index (κ2) is 6.51. The Morgan fingerprint density at radius 3 is 2.78 bits per heavy atom. The van der Waals surface area contributed by atoms with Gasteiger partial charge in [-0.2, -0.15) is 0 Å². The molecule has 4 N–H and O–H groups in total. The van der Waals surface area contributed by atoms with E-state index in [0.717, 1.165) is 0 Å². The average Bonchev–Trinajstić information content (AvgIpc) is 3.00. The number of rotatable bonds is 6. The SMILES string of the molecule is CC(O)[C@H]1C(=O)N2C(C(=O)O)=C(SCSc3nnc(N)s3)S[C@H]12. The number of β-lactam (4-membered cyclic amide) rings is 1. The van der Waals surface area contributed by atoms with Crippen molar-refractivity contribution in [1.82, 2.24) is 15.1 Å². The number of aliphatic hydroxyl groups excluding tert-OH is 1. The lowest BCUT2D eigenvalue weighted by atomic mass is 9.92. The number of aromatic nitrogens is 2. The van der Waals surface area contributed by atoms with E-state index >= 15 is 0 Å². The van der Waals surface area contributed by atoms with E-state index in [2.05, 4.69) is 10.2 Å². The molecular weight excluding hydrogens is 380 g/mol. The zero-order chi connectivity index (χ0) is 16.7. The minimum absolute atomic E-state index is 0.00396. The zero-order valence-electron chi connectivity index (χ0n) is 11.7. The largest absolute Gasteiger partial charge is 0.477 e. The first-order chi connectivity index (χ1) is 10.9. The van der Waals surface area contributed by atoms with E-state index in [-0.39, 0.29) is 17.0 Å². The molecule has 23 heavy (non-hydrogen) atoms. The van der Waals surface area contributed by atoms with Gasteiger partial charge in [-0.3, -0.25) is 9.69 Å². The quantitative estimate of drug-likeness (QED) is 0.367. The molecule has 124 valence electrons. The van der Waals surface area contributed by atoms with Gasteiger partial charge in [-0.1, -0.05) is 34.9 Å². The number of anilines is 1. The van der Waals surface area contributed by atoms with E-state index in [4.69, 9.17) is 5.73 Å². The molecule has 1 aromatic heterocycles. The van der Waals surface area contributed by atoms with Crippen molar-refractivity contribution in [3.8, 4) is 0 Å². The van der Waals surface area contributed by atoms with Crippen LogP contribution < -0.4 is 5.73 Å². The summed E-state index contributed by atoms with van der Waals surface area (Å²) in [4.78, 5) is 24.8. The Balaban J connectivity index is 1.68. The molecule has 0 aromatic carbocycles. The Morgan fingerprint density at radius 2 is 2.22 bits per heavy atom. The topological polar surface area (TPSA) is 130 Å². The highest BCUT2D eigenvalue weighted by Gasteiger charge is 2.57. The second-order valence-corrected chi connectivity index (χ2v) is 9.70. The van der Waals surface area contributed by atoms with Gasteiger partial charge in [0.25, 0.3) is 0 Å². The molecule has 0 bridgehead atoms. The minimum atomic E-state index is -1.13. The van der Waals surface area contributed by atoms with Gasteiger partial charge in [0.1, 0.15) is 5.37 Å². The van der Waals surface area contributed by atoms with Gasteiger partial charge in [0, 0.05) is 0 Å². The molecule has 1 saturated heterocycles. The molecule has 1 aromatic rings. The van der Waals surface area contributed by atoms with Crippen LogP contribution in [-0.4, -0.2) is 53.7 Å². The normalized spacial score (nSPS) is 24.6. The van der Waals surface area contributed by atoms with E-state index < -0.39 is 18.0 Å². The van der Waals surface area contributed by atoms with Gasteiger partial charge in [-0.05, 0) is 6.92 Å². The van der Waals surface area contributed by atoms with Crippen LogP contribution in [0.5, 0.6) is 0 Å². The Bertz CT molecular complexity index is 691. The number of carboxylic acid groups (broad SMARTS) is 1. The number of thioether (sulfide) groups is 3. The van der Waals surface area contributed by atoms with Crippen LogP contribution in [-0.2, 0) is 9.59 Å². The number of amides is 1. The molecule has 0 radical (unpaired) electrons. The van der Waals surface area contributed by atoms with E-state index in [1.54, 1.807) is 6.92 Å². The number of carbonyl (C=O) groups is 2. The number of fused-ring (bicyclic) bond motifs is 1. The number of aliphatic carboxylic acids is 1. The first-order valence-corrected chi connectivity index (χ1v) is 10.1. The highest BCUT2D eigenvalue weighted by atomic mass is 32.2. The Morgan fingerprint density at radius 1 is 1.48 bits per heavy atom. The fraction of sp³-hybridized carbons (Fsp3) is 0.455. The van der Waals surface area contributed by atoms with E-state index in [0.29, 0.717) is 18.8 Å². The van der Waals surface area contributed by atoms with Crippen LogP contribution in [0.2, 0.25) is 0 Å². The van der Waals surface area contributed by atoms with Gasteiger partial charge in [-0.25, -0.2) is 4.79 Å². The molecule has 2 aliphatic heterocycles. The summed E-state index contributed by atoms with van der Waals surface area (Å²) in [5, 5.41) is 27.2. The van der Waals surface area contributed by atoms with Crippen molar-refractivity contribution in [3.05, 3.63) is 9.93 Å². The molecule has 0 aliphatic carbocycles. The number of carbonyl (C=O) groups excluding carboxylic acids is 1. The lowest BCUT2D eigenvalue weighted by Gasteiger charge is -2.43. The van der Waals surface area contributed by atoms with Crippen LogP contribution in [0.1, 0.15) is 6.92 Å². The highest BCUT2D eigenvalue weighted by molar-refractivity contribution is 8.28. The van der Waals surface area contributed by atoms with Crippen molar-refractivity contribution in [3.63, 3.8) is 0 Å². The molecule has 3 rings (SSSR count). The lowest BCUT2D eigenvalue weighted by Crippen LogP contribution is -2.60. The van der Waals surface area contributed by atoms with Gasteiger partial charge >= 0.3 is 5.97 Å². The van der Waals surface area contributed by atoms with Crippen LogP contribution in [0, 0.1) is 5.92 Å². The molecule has 3 atom stereocenters. The highest BCUT2D eigenvalue weighted by Crippen LogP contribution is 2.54. The Hall–Kier alpha value is -0.950. The Labute approximate surface area is 147 Å². The number of carboxylic acids is 1. The van der Waals surface area contributed by atoms with Crippen LogP contribution in [0.4, 0.5) is 5.13 Å².